The maximum Gasteiger partial charge on any atom is 0.249 e. The molecule has 0 unspecified atom stereocenters. The SMILES string of the molecule is CC(C(=O)N1CCC(C)(C)C1)=C1CNC1. The molecule has 3 heteroatoms. The molecule has 84 valence electrons. The van der Waals surface area contributed by atoms with Crippen LogP contribution in [0.4, 0.5) is 0 Å². The van der Waals surface area contributed by atoms with Crippen LogP contribution in [0.25, 0.3) is 0 Å². The third-order valence-corrected chi connectivity index (χ3v) is 3.49. The van der Waals surface area contributed by atoms with Crippen molar-refractivity contribution in [1.29, 1.82) is 0 Å². The fourth-order valence-electron chi connectivity index (χ4n) is 2.19. The van der Waals surface area contributed by atoms with Gasteiger partial charge in [0.1, 0.15) is 0 Å². The Morgan fingerprint density at radius 2 is 2.07 bits per heavy atom. The van der Waals surface area contributed by atoms with E-state index in [1.807, 2.05) is 11.8 Å². The van der Waals surface area contributed by atoms with E-state index in [9.17, 15) is 4.79 Å². The number of nitrogens with one attached hydrogen (secondary N) is 1. The molecule has 0 bridgehead atoms. The first-order valence-electron chi connectivity index (χ1n) is 5.68. The Morgan fingerprint density at radius 1 is 1.40 bits per heavy atom. The first-order chi connectivity index (χ1) is 6.99. The lowest BCUT2D eigenvalue weighted by molar-refractivity contribution is -0.126. The lowest BCUT2D eigenvalue weighted by Gasteiger charge is -2.25. The monoisotopic (exact) mass is 208 g/mol. The van der Waals surface area contributed by atoms with Crippen LogP contribution in [0.1, 0.15) is 27.2 Å². The van der Waals surface area contributed by atoms with E-state index in [4.69, 9.17) is 0 Å². The minimum absolute atomic E-state index is 0.247. The van der Waals surface area contributed by atoms with Crippen molar-refractivity contribution in [3.05, 3.63) is 11.1 Å². The summed E-state index contributed by atoms with van der Waals surface area (Å²) >= 11 is 0. The molecule has 2 saturated heterocycles. The van der Waals surface area contributed by atoms with Crippen molar-refractivity contribution in [3.8, 4) is 0 Å². The number of rotatable bonds is 1. The minimum atomic E-state index is 0.247. The second kappa shape index (κ2) is 3.63. The highest BCUT2D eigenvalue weighted by Crippen LogP contribution is 2.30. The van der Waals surface area contributed by atoms with Crippen LogP contribution in [0.2, 0.25) is 0 Å². The van der Waals surface area contributed by atoms with Gasteiger partial charge in [0.15, 0.2) is 0 Å². The number of likely N-dealkylation sites (tertiary alicyclic amines) is 1. The number of carbonyl (C=O) groups excluding carboxylic acids is 1. The van der Waals surface area contributed by atoms with E-state index < -0.39 is 0 Å². The van der Waals surface area contributed by atoms with Crippen LogP contribution in [0.15, 0.2) is 11.1 Å². The van der Waals surface area contributed by atoms with Crippen molar-refractivity contribution in [2.24, 2.45) is 5.41 Å². The number of amides is 1. The quantitative estimate of drug-likeness (QED) is 0.656. The predicted molar refractivity (Wildman–Crippen MR) is 60.5 cm³/mol. The molecule has 0 saturated carbocycles. The molecule has 15 heavy (non-hydrogen) atoms. The lowest BCUT2D eigenvalue weighted by atomic mass is 9.93. The van der Waals surface area contributed by atoms with Crippen molar-refractivity contribution < 1.29 is 4.79 Å². The van der Waals surface area contributed by atoms with Crippen molar-refractivity contribution in [3.63, 3.8) is 0 Å². The Morgan fingerprint density at radius 3 is 2.47 bits per heavy atom. The first kappa shape index (κ1) is 10.7. The molecule has 2 heterocycles. The highest BCUT2D eigenvalue weighted by atomic mass is 16.2. The van der Waals surface area contributed by atoms with Gasteiger partial charge in [0.2, 0.25) is 5.91 Å². The van der Waals surface area contributed by atoms with Crippen LogP contribution in [0.3, 0.4) is 0 Å². The molecule has 2 aliphatic rings. The third-order valence-electron chi connectivity index (χ3n) is 3.49. The topological polar surface area (TPSA) is 32.3 Å². The zero-order valence-electron chi connectivity index (χ0n) is 9.89. The molecule has 0 aromatic carbocycles. The Hall–Kier alpha value is -0.830. The summed E-state index contributed by atoms with van der Waals surface area (Å²) in [6.07, 6.45) is 1.12. The zero-order valence-corrected chi connectivity index (χ0v) is 9.89. The maximum absolute atomic E-state index is 12.1. The van der Waals surface area contributed by atoms with Crippen LogP contribution in [0.5, 0.6) is 0 Å². The summed E-state index contributed by atoms with van der Waals surface area (Å²) in [4.78, 5) is 14.1. The molecule has 0 aromatic heterocycles. The van der Waals surface area contributed by atoms with Crippen molar-refractivity contribution in [2.45, 2.75) is 27.2 Å². The molecule has 3 nitrogen and oxygen atoms in total. The van der Waals surface area contributed by atoms with Gasteiger partial charge in [-0.2, -0.15) is 0 Å². The van der Waals surface area contributed by atoms with E-state index in [1.54, 1.807) is 0 Å². The second-order valence-electron chi connectivity index (χ2n) is 5.47. The molecule has 0 spiro atoms. The number of hydrogen-bond donors (Lipinski definition) is 1. The average Bonchev–Trinajstić information content (AvgIpc) is 2.41. The van der Waals surface area contributed by atoms with Gasteiger partial charge in [-0.15, -0.1) is 0 Å². The summed E-state index contributed by atoms with van der Waals surface area (Å²) < 4.78 is 0. The highest BCUT2D eigenvalue weighted by Gasteiger charge is 2.33. The van der Waals surface area contributed by atoms with E-state index in [-0.39, 0.29) is 5.91 Å². The molecule has 2 rings (SSSR count). The van der Waals surface area contributed by atoms with Crippen molar-refractivity contribution in [1.82, 2.24) is 10.2 Å². The smallest absolute Gasteiger partial charge is 0.249 e. The van der Waals surface area contributed by atoms with Gasteiger partial charge in [-0.1, -0.05) is 13.8 Å². The minimum Gasteiger partial charge on any atom is -0.338 e. The van der Waals surface area contributed by atoms with Gasteiger partial charge in [0, 0.05) is 31.8 Å². The Balaban J connectivity index is 2.03. The van der Waals surface area contributed by atoms with Crippen LogP contribution in [0, 0.1) is 5.41 Å². The molecule has 0 aliphatic carbocycles. The van der Waals surface area contributed by atoms with E-state index in [0.29, 0.717) is 5.41 Å². The standard InChI is InChI=1S/C12H20N2O/c1-9(10-6-13-7-10)11(15)14-5-4-12(2,3)8-14/h13H,4-8H2,1-3H3. The summed E-state index contributed by atoms with van der Waals surface area (Å²) in [6, 6.07) is 0. The summed E-state index contributed by atoms with van der Waals surface area (Å²) in [6.45, 7) is 10.0. The van der Waals surface area contributed by atoms with Gasteiger partial charge in [-0.3, -0.25) is 4.79 Å². The maximum atomic E-state index is 12.1. The number of hydrogen-bond acceptors (Lipinski definition) is 2. The summed E-state index contributed by atoms with van der Waals surface area (Å²) in [5, 5.41) is 3.18. The van der Waals surface area contributed by atoms with Crippen LogP contribution >= 0.6 is 0 Å². The van der Waals surface area contributed by atoms with Crippen LogP contribution in [-0.4, -0.2) is 37.0 Å². The largest absolute Gasteiger partial charge is 0.338 e. The zero-order chi connectivity index (χ0) is 11.1. The van der Waals surface area contributed by atoms with Crippen molar-refractivity contribution in [2.75, 3.05) is 26.2 Å². The number of nitrogens with zero attached hydrogens (tertiary/aromatic N) is 1. The van der Waals surface area contributed by atoms with E-state index in [1.165, 1.54) is 5.57 Å². The molecular formula is C12H20N2O. The first-order valence-corrected chi connectivity index (χ1v) is 5.68. The summed E-state index contributed by atoms with van der Waals surface area (Å²) in [7, 11) is 0. The van der Waals surface area contributed by atoms with Gasteiger partial charge in [-0.05, 0) is 24.3 Å². The Kier molecular flexibility index (Phi) is 2.59. The number of carbonyl (C=O) groups is 1. The predicted octanol–water partition coefficient (Wildman–Crippen LogP) is 1.16. The van der Waals surface area contributed by atoms with Gasteiger partial charge in [0.05, 0.1) is 0 Å². The molecule has 0 radical (unpaired) electrons. The van der Waals surface area contributed by atoms with Crippen LogP contribution < -0.4 is 5.32 Å². The fourth-order valence-corrected chi connectivity index (χ4v) is 2.19. The third kappa shape index (κ3) is 2.07. The normalized spacial score (nSPS) is 23.9. The van der Waals surface area contributed by atoms with Gasteiger partial charge < -0.3 is 10.2 Å². The summed E-state index contributed by atoms with van der Waals surface area (Å²) in [5.41, 5.74) is 2.55. The lowest BCUT2D eigenvalue weighted by Crippen LogP contribution is -2.38. The average molecular weight is 208 g/mol. The van der Waals surface area contributed by atoms with Gasteiger partial charge >= 0.3 is 0 Å². The fraction of sp³-hybridized carbons (Fsp3) is 0.750. The molecule has 2 aliphatic heterocycles. The Bertz CT molecular complexity index is 312. The summed E-state index contributed by atoms with van der Waals surface area (Å²) in [5.74, 6) is 0.247. The second-order valence-corrected chi connectivity index (χ2v) is 5.47. The van der Waals surface area contributed by atoms with Crippen molar-refractivity contribution >= 4 is 5.91 Å². The molecule has 0 aromatic rings. The Labute approximate surface area is 91.5 Å². The van der Waals surface area contributed by atoms with E-state index in [0.717, 1.165) is 38.2 Å². The van der Waals surface area contributed by atoms with Gasteiger partial charge in [-0.25, -0.2) is 0 Å². The van der Waals surface area contributed by atoms with E-state index >= 15 is 0 Å². The molecule has 1 amide bonds. The molecule has 2 fully saturated rings. The van der Waals surface area contributed by atoms with E-state index in [2.05, 4.69) is 19.2 Å². The highest BCUT2D eigenvalue weighted by molar-refractivity contribution is 5.94. The molecule has 0 atom stereocenters. The van der Waals surface area contributed by atoms with Crippen LogP contribution in [-0.2, 0) is 4.79 Å². The van der Waals surface area contributed by atoms with Gasteiger partial charge in [0.25, 0.3) is 0 Å². The molecule has 1 N–H and O–H groups in total. The molecular weight excluding hydrogens is 188 g/mol.